The van der Waals surface area contributed by atoms with Crippen molar-refractivity contribution in [3.8, 4) is 5.75 Å². The number of carbonyl (C=O) groups is 1. The first-order chi connectivity index (χ1) is 13.1. The number of nitrogens with zero attached hydrogens (tertiary/aromatic N) is 1. The number of nitrogens with one attached hydrogen (secondary N) is 1. The second kappa shape index (κ2) is 11.5. The summed E-state index contributed by atoms with van der Waals surface area (Å²) < 4.78 is 6.01. The Balaban J connectivity index is 0.00000280. The molecule has 1 N–H and O–H groups in total. The molecule has 4 nitrogen and oxygen atoms in total. The maximum Gasteiger partial charge on any atom is 0.224 e. The molecule has 1 saturated heterocycles. The molecule has 1 fully saturated rings. The van der Waals surface area contributed by atoms with Gasteiger partial charge in [0.05, 0.1) is 16.5 Å². The van der Waals surface area contributed by atoms with Gasteiger partial charge in [0.2, 0.25) is 5.91 Å². The quantitative estimate of drug-likeness (QED) is 0.679. The molecular formula is C21H25Cl3N2O2. The van der Waals surface area contributed by atoms with Crippen LogP contribution in [0, 0.1) is 0 Å². The number of ether oxygens (including phenoxy) is 1. The largest absolute Gasteiger partial charge is 0.490 e. The second-order valence-electron chi connectivity index (χ2n) is 6.75. The van der Waals surface area contributed by atoms with E-state index in [1.165, 1.54) is 0 Å². The molecule has 2 aromatic rings. The molecule has 7 heteroatoms. The van der Waals surface area contributed by atoms with Gasteiger partial charge in [-0.15, -0.1) is 12.4 Å². The molecule has 0 aromatic heterocycles. The predicted octanol–water partition coefficient (Wildman–Crippen LogP) is 4.62. The molecular weight excluding hydrogens is 419 g/mol. The highest BCUT2D eigenvalue weighted by Gasteiger charge is 2.20. The monoisotopic (exact) mass is 442 g/mol. The molecule has 0 radical (unpaired) electrons. The number of halogens is 3. The third-order valence-electron chi connectivity index (χ3n) is 4.69. The van der Waals surface area contributed by atoms with Crippen molar-refractivity contribution in [2.24, 2.45) is 0 Å². The molecule has 0 bridgehead atoms. The Morgan fingerprint density at radius 3 is 2.46 bits per heavy atom. The van der Waals surface area contributed by atoms with E-state index in [9.17, 15) is 4.79 Å². The fourth-order valence-electron chi connectivity index (χ4n) is 3.19. The summed E-state index contributed by atoms with van der Waals surface area (Å²) in [5, 5.41) is 4.05. The molecule has 1 aliphatic rings. The van der Waals surface area contributed by atoms with Crippen LogP contribution in [0.2, 0.25) is 10.0 Å². The Morgan fingerprint density at radius 2 is 1.79 bits per heavy atom. The van der Waals surface area contributed by atoms with E-state index >= 15 is 0 Å². The fraction of sp³-hybridized carbons (Fsp3) is 0.381. The lowest BCUT2D eigenvalue weighted by atomic mass is 10.1. The number of benzene rings is 2. The van der Waals surface area contributed by atoms with Crippen LogP contribution in [-0.4, -0.2) is 43.1 Å². The van der Waals surface area contributed by atoms with Crippen LogP contribution in [0.4, 0.5) is 0 Å². The zero-order chi connectivity index (χ0) is 19.1. The smallest absolute Gasteiger partial charge is 0.224 e. The Hall–Kier alpha value is -1.46. The van der Waals surface area contributed by atoms with Crippen LogP contribution in [0.1, 0.15) is 18.4 Å². The van der Waals surface area contributed by atoms with E-state index in [0.717, 1.165) is 43.8 Å². The van der Waals surface area contributed by atoms with E-state index in [1.807, 2.05) is 36.4 Å². The van der Waals surface area contributed by atoms with E-state index < -0.39 is 0 Å². The summed E-state index contributed by atoms with van der Waals surface area (Å²) in [5.74, 6) is 0.829. The molecule has 1 heterocycles. The number of hydrogen-bond acceptors (Lipinski definition) is 3. The number of likely N-dealkylation sites (tertiary alicyclic amines) is 1. The van der Waals surface area contributed by atoms with Gasteiger partial charge in [-0.25, -0.2) is 0 Å². The molecule has 0 saturated carbocycles. The first kappa shape index (κ1) is 22.8. The highest BCUT2D eigenvalue weighted by Crippen LogP contribution is 2.28. The van der Waals surface area contributed by atoms with Crippen molar-refractivity contribution in [3.05, 3.63) is 64.1 Å². The Kier molecular flexibility index (Phi) is 9.39. The lowest BCUT2D eigenvalue weighted by molar-refractivity contribution is -0.120. The van der Waals surface area contributed by atoms with Gasteiger partial charge < -0.3 is 15.0 Å². The molecule has 0 atom stereocenters. The maximum absolute atomic E-state index is 12.0. The van der Waals surface area contributed by atoms with E-state index in [1.54, 1.807) is 12.1 Å². The van der Waals surface area contributed by atoms with Gasteiger partial charge >= 0.3 is 0 Å². The predicted molar refractivity (Wildman–Crippen MR) is 117 cm³/mol. The Morgan fingerprint density at radius 1 is 1.07 bits per heavy atom. The molecule has 0 spiro atoms. The molecule has 28 heavy (non-hydrogen) atoms. The summed E-state index contributed by atoms with van der Waals surface area (Å²) >= 11 is 12.0. The topological polar surface area (TPSA) is 41.6 Å². The van der Waals surface area contributed by atoms with Gasteiger partial charge in [-0.05, 0) is 30.5 Å². The maximum atomic E-state index is 12.0. The minimum atomic E-state index is 0. The van der Waals surface area contributed by atoms with Gasteiger partial charge in [-0.2, -0.15) is 0 Å². The average molecular weight is 444 g/mol. The molecule has 1 amide bonds. The van der Waals surface area contributed by atoms with E-state index in [4.69, 9.17) is 27.9 Å². The molecule has 0 aliphatic carbocycles. The van der Waals surface area contributed by atoms with Gasteiger partial charge in [0.15, 0.2) is 0 Å². The summed E-state index contributed by atoms with van der Waals surface area (Å²) in [4.78, 5) is 14.3. The summed E-state index contributed by atoms with van der Waals surface area (Å²) in [5.41, 5.74) is 1.04. The fourth-order valence-corrected chi connectivity index (χ4v) is 3.48. The lowest BCUT2D eigenvalue weighted by Crippen LogP contribution is -2.42. The van der Waals surface area contributed by atoms with Gasteiger partial charge in [0.1, 0.15) is 11.9 Å². The number of hydrogen-bond donors (Lipinski definition) is 1. The summed E-state index contributed by atoms with van der Waals surface area (Å²) in [6.45, 7) is 3.45. The zero-order valence-electron chi connectivity index (χ0n) is 15.6. The van der Waals surface area contributed by atoms with Crippen LogP contribution < -0.4 is 10.1 Å². The highest BCUT2D eigenvalue weighted by atomic mass is 35.5. The number of carbonyl (C=O) groups excluding carboxylic acids is 1. The van der Waals surface area contributed by atoms with E-state index in [2.05, 4.69) is 10.2 Å². The van der Waals surface area contributed by atoms with Crippen molar-refractivity contribution < 1.29 is 9.53 Å². The van der Waals surface area contributed by atoms with Crippen LogP contribution >= 0.6 is 35.6 Å². The third-order valence-corrected chi connectivity index (χ3v) is 5.43. The van der Waals surface area contributed by atoms with Crippen molar-refractivity contribution in [1.29, 1.82) is 0 Å². The third kappa shape index (κ3) is 7.17. The first-order valence-corrected chi connectivity index (χ1v) is 10.0. The second-order valence-corrected chi connectivity index (χ2v) is 7.56. The summed E-state index contributed by atoms with van der Waals surface area (Å²) in [6, 6.07) is 15.2. The SMILES string of the molecule is Cl.O=C(Cc1ccccc1)NCCN1CCC(Oc2ccc(Cl)c(Cl)c2)CC1. The molecule has 3 rings (SSSR count). The number of rotatable bonds is 7. The average Bonchev–Trinajstić information content (AvgIpc) is 2.67. The number of piperidine rings is 1. The van der Waals surface area contributed by atoms with Crippen LogP contribution in [0.5, 0.6) is 5.75 Å². The minimum Gasteiger partial charge on any atom is -0.490 e. The standard InChI is InChI=1S/C21H24Cl2N2O2.ClH/c22-19-7-6-18(15-20(19)23)27-17-8-11-25(12-9-17)13-10-24-21(26)14-16-4-2-1-3-5-16;/h1-7,15,17H,8-14H2,(H,24,26);1H. The molecule has 1 aliphatic heterocycles. The van der Waals surface area contributed by atoms with Crippen LogP contribution in [-0.2, 0) is 11.2 Å². The molecule has 152 valence electrons. The van der Waals surface area contributed by atoms with Crippen molar-refractivity contribution in [2.75, 3.05) is 26.2 Å². The normalized spacial score (nSPS) is 14.9. The van der Waals surface area contributed by atoms with Gasteiger partial charge in [0.25, 0.3) is 0 Å². The van der Waals surface area contributed by atoms with Crippen molar-refractivity contribution >= 4 is 41.5 Å². The molecule has 0 unspecified atom stereocenters. The van der Waals surface area contributed by atoms with Crippen LogP contribution in [0.15, 0.2) is 48.5 Å². The van der Waals surface area contributed by atoms with Crippen molar-refractivity contribution in [1.82, 2.24) is 10.2 Å². The Labute approximate surface area is 182 Å². The highest BCUT2D eigenvalue weighted by molar-refractivity contribution is 6.42. The van der Waals surface area contributed by atoms with Crippen molar-refractivity contribution in [3.63, 3.8) is 0 Å². The summed E-state index contributed by atoms with van der Waals surface area (Å²) in [7, 11) is 0. The Bertz CT molecular complexity index is 751. The van der Waals surface area contributed by atoms with Gasteiger partial charge in [-0.1, -0.05) is 53.5 Å². The van der Waals surface area contributed by atoms with Crippen LogP contribution in [0.3, 0.4) is 0 Å². The lowest BCUT2D eigenvalue weighted by Gasteiger charge is -2.32. The van der Waals surface area contributed by atoms with E-state index in [-0.39, 0.29) is 24.4 Å². The molecule has 2 aromatic carbocycles. The summed E-state index contributed by atoms with van der Waals surface area (Å²) in [6.07, 6.45) is 2.53. The van der Waals surface area contributed by atoms with Gasteiger partial charge in [0, 0.05) is 32.2 Å². The first-order valence-electron chi connectivity index (χ1n) is 9.25. The van der Waals surface area contributed by atoms with Crippen LogP contribution in [0.25, 0.3) is 0 Å². The zero-order valence-corrected chi connectivity index (χ0v) is 17.9. The minimum absolute atomic E-state index is 0. The van der Waals surface area contributed by atoms with Gasteiger partial charge in [-0.3, -0.25) is 4.79 Å². The number of amides is 1. The van der Waals surface area contributed by atoms with Crippen molar-refractivity contribution in [2.45, 2.75) is 25.4 Å². The van der Waals surface area contributed by atoms with E-state index in [0.29, 0.717) is 23.0 Å².